The smallest absolute Gasteiger partial charge is 0.208 e. The van der Waals surface area contributed by atoms with Gasteiger partial charge in [0.1, 0.15) is 5.76 Å². The van der Waals surface area contributed by atoms with Crippen molar-refractivity contribution in [3.05, 3.63) is 17.3 Å². The number of nitrogens with two attached hydrogens (primary N) is 1. The first-order chi connectivity index (χ1) is 7.65. The molecule has 2 unspecified atom stereocenters. The number of hydrogen-bond acceptors (Lipinski definition) is 4. The van der Waals surface area contributed by atoms with Crippen LogP contribution in [-0.4, -0.2) is 17.1 Å². The monoisotopic (exact) mass is 223 g/mol. The van der Waals surface area contributed by atoms with Crippen LogP contribution in [0.2, 0.25) is 0 Å². The summed E-state index contributed by atoms with van der Waals surface area (Å²) in [4.78, 5) is 4.35. The van der Waals surface area contributed by atoms with Crippen molar-refractivity contribution in [3.63, 3.8) is 0 Å². The maximum absolute atomic E-state index is 5.94. The van der Waals surface area contributed by atoms with Crippen LogP contribution < -0.4 is 11.1 Å². The van der Waals surface area contributed by atoms with Crippen molar-refractivity contribution >= 4 is 0 Å². The van der Waals surface area contributed by atoms with Gasteiger partial charge in [0, 0.05) is 12.1 Å². The van der Waals surface area contributed by atoms with Crippen LogP contribution in [-0.2, 0) is 6.54 Å². The molecule has 1 heterocycles. The summed E-state index contributed by atoms with van der Waals surface area (Å²) in [5.74, 6) is 1.70. The van der Waals surface area contributed by atoms with Gasteiger partial charge in [-0.05, 0) is 33.1 Å². The second kappa shape index (κ2) is 4.97. The van der Waals surface area contributed by atoms with E-state index in [2.05, 4.69) is 10.3 Å². The molecule has 1 aromatic rings. The Bertz CT molecular complexity index is 329. The average molecular weight is 223 g/mol. The van der Waals surface area contributed by atoms with Gasteiger partial charge < -0.3 is 15.5 Å². The van der Waals surface area contributed by atoms with Crippen molar-refractivity contribution in [1.29, 1.82) is 0 Å². The van der Waals surface area contributed by atoms with Gasteiger partial charge in [-0.3, -0.25) is 0 Å². The third kappa shape index (κ3) is 2.83. The van der Waals surface area contributed by atoms with Gasteiger partial charge in [0.2, 0.25) is 5.89 Å². The largest absolute Gasteiger partial charge is 0.444 e. The molecule has 4 heteroatoms. The second-order valence-corrected chi connectivity index (χ2v) is 4.75. The topological polar surface area (TPSA) is 64.1 Å². The summed E-state index contributed by atoms with van der Waals surface area (Å²) >= 11 is 0. The van der Waals surface area contributed by atoms with Crippen LogP contribution >= 0.6 is 0 Å². The highest BCUT2D eigenvalue weighted by Gasteiger charge is 2.19. The molecule has 1 fully saturated rings. The molecule has 1 aromatic heterocycles. The van der Waals surface area contributed by atoms with Crippen molar-refractivity contribution in [2.75, 3.05) is 0 Å². The zero-order valence-electron chi connectivity index (χ0n) is 10.1. The Morgan fingerprint density at radius 2 is 2.25 bits per heavy atom. The number of rotatable bonds is 3. The van der Waals surface area contributed by atoms with Crippen LogP contribution in [0, 0.1) is 13.8 Å². The van der Waals surface area contributed by atoms with Crippen LogP contribution in [0.3, 0.4) is 0 Å². The molecule has 1 aliphatic carbocycles. The number of hydrogen-bond donors (Lipinski definition) is 2. The van der Waals surface area contributed by atoms with Gasteiger partial charge in [-0.1, -0.05) is 6.42 Å². The molecule has 16 heavy (non-hydrogen) atoms. The molecule has 0 spiro atoms. The van der Waals surface area contributed by atoms with Crippen molar-refractivity contribution in [2.24, 2.45) is 5.73 Å². The Hall–Kier alpha value is -0.870. The van der Waals surface area contributed by atoms with E-state index < -0.39 is 0 Å². The summed E-state index contributed by atoms with van der Waals surface area (Å²) in [6.45, 7) is 4.63. The summed E-state index contributed by atoms with van der Waals surface area (Å²) in [5.41, 5.74) is 6.93. The van der Waals surface area contributed by atoms with Crippen molar-refractivity contribution in [2.45, 2.75) is 58.2 Å². The minimum atomic E-state index is 0.360. The quantitative estimate of drug-likeness (QED) is 0.818. The molecule has 0 amide bonds. The van der Waals surface area contributed by atoms with Gasteiger partial charge in [0.15, 0.2) is 0 Å². The van der Waals surface area contributed by atoms with Crippen molar-refractivity contribution in [3.8, 4) is 0 Å². The lowest BCUT2D eigenvalue weighted by Gasteiger charge is -2.26. The van der Waals surface area contributed by atoms with E-state index in [1.165, 1.54) is 12.8 Å². The van der Waals surface area contributed by atoms with E-state index in [0.717, 1.165) is 30.2 Å². The summed E-state index contributed by atoms with van der Waals surface area (Å²) in [6, 6.07) is 0.885. The molecule has 2 atom stereocenters. The van der Waals surface area contributed by atoms with E-state index >= 15 is 0 Å². The fraction of sp³-hybridized carbons (Fsp3) is 0.750. The summed E-state index contributed by atoms with van der Waals surface area (Å²) in [5, 5.41) is 3.47. The fourth-order valence-electron chi connectivity index (χ4n) is 2.26. The summed E-state index contributed by atoms with van der Waals surface area (Å²) < 4.78 is 5.53. The number of aryl methyl sites for hydroxylation is 2. The van der Waals surface area contributed by atoms with E-state index in [4.69, 9.17) is 10.2 Å². The predicted octanol–water partition coefficient (Wildman–Crippen LogP) is 1.65. The molecular formula is C12H21N3O. The van der Waals surface area contributed by atoms with Gasteiger partial charge in [-0.25, -0.2) is 4.98 Å². The van der Waals surface area contributed by atoms with E-state index in [9.17, 15) is 0 Å². The maximum atomic E-state index is 5.94. The lowest BCUT2D eigenvalue weighted by atomic mass is 9.92. The number of nitrogens with zero attached hydrogens (tertiary/aromatic N) is 1. The first-order valence-electron chi connectivity index (χ1n) is 6.07. The zero-order valence-corrected chi connectivity index (χ0v) is 10.1. The normalized spacial score (nSPS) is 25.9. The van der Waals surface area contributed by atoms with E-state index in [1.807, 2.05) is 13.8 Å². The van der Waals surface area contributed by atoms with Gasteiger partial charge in [0.05, 0.1) is 12.2 Å². The van der Waals surface area contributed by atoms with E-state index in [0.29, 0.717) is 18.6 Å². The highest BCUT2D eigenvalue weighted by molar-refractivity contribution is 5.05. The standard InChI is InChI=1S/C12H21N3O/c1-8-9(2)16-12(15-8)7-14-11-5-3-4-10(13)6-11/h10-11,14H,3-7,13H2,1-2H3. The van der Waals surface area contributed by atoms with Crippen molar-refractivity contribution in [1.82, 2.24) is 10.3 Å². The first kappa shape index (κ1) is 11.6. The third-order valence-electron chi connectivity index (χ3n) is 3.33. The lowest BCUT2D eigenvalue weighted by molar-refractivity contribution is 0.324. The van der Waals surface area contributed by atoms with Gasteiger partial charge >= 0.3 is 0 Å². The Labute approximate surface area is 96.6 Å². The molecule has 3 N–H and O–H groups in total. The number of oxazole rings is 1. The Balaban J connectivity index is 1.82. The number of nitrogens with one attached hydrogen (secondary N) is 1. The first-order valence-corrected chi connectivity index (χ1v) is 6.07. The van der Waals surface area contributed by atoms with Crippen LogP contribution in [0.15, 0.2) is 4.42 Å². The van der Waals surface area contributed by atoms with Crippen LogP contribution in [0.5, 0.6) is 0 Å². The lowest BCUT2D eigenvalue weighted by Crippen LogP contribution is -2.39. The molecule has 0 radical (unpaired) electrons. The molecule has 1 saturated carbocycles. The van der Waals surface area contributed by atoms with Gasteiger partial charge in [-0.2, -0.15) is 0 Å². The second-order valence-electron chi connectivity index (χ2n) is 4.75. The van der Waals surface area contributed by atoms with Crippen molar-refractivity contribution < 1.29 is 4.42 Å². The molecule has 0 aromatic carbocycles. The molecular weight excluding hydrogens is 202 g/mol. The zero-order chi connectivity index (χ0) is 11.5. The molecule has 0 bridgehead atoms. The van der Waals surface area contributed by atoms with Crippen LogP contribution in [0.25, 0.3) is 0 Å². The maximum Gasteiger partial charge on any atom is 0.208 e. The Morgan fingerprint density at radius 1 is 1.44 bits per heavy atom. The summed E-state index contributed by atoms with van der Waals surface area (Å²) in [7, 11) is 0. The van der Waals surface area contributed by atoms with Crippen LogP contribution in [0.4, 0.5) is 0 Å². The minimum absolute atomic E-state index is 0.360. The average Bonchev–Trinajstić information content (AvgIpc) is 2.56. The Morgan fingerprint density at radius 3 is 2.88 bits per heavy atom. The SMILES string of the molecule is Cc1nc(CNC2CCCC(N)C2)oc1C. The highest BCUT2D eigenvalue weighted by Crippen LogP contribution is 2.17. The molecule has 1 aliphatic rings. The molecule has 2 rings (SSSR count). The van der Waals surface area contributed by atoms with E-state index in [-0.39, 0.29) is 0 Å². The third-order valence-corrected chi connectivity index (χ3v) is 3.33. The molecule has 0 saturated heterocycles. The highest BCUT2D eigenvalue weighted by atomic mass is 16.4. The molecule has 4 nitrogen and oxygen atoms in total. The summed E-state index contributed by atoms with van der Waals surface area (Å²) in [6.07, 6.45) is 4.67. The van der Waals surface area contributed by atoms with Gasteiger partial charge in [0.25, 0.3) is 0 Å². The predicted molar refractivity (Wildman–Crippen MR) is 63.0 cm³/mol. The van der Waals surface area contributed by atoms with Crippen LogP contribution in [0.1, 0.15) is 43.0 Å². The number of aromatic nitrogens is 1. The van der Waals surface area contributed by atoms with E-state index in [1.54, 1.807) is 0 Å². The molecule has 0 aliphatic heterocycles. The van der Waals surface area contributed by atoms with Gasteiger partial charge in [-0.15, -0.1) is 0 Å². The Kier molecular flexibility index (Phi) is 3.61. The fourth-order valence-corrected chi connectivity index (χ4v) is 2.26. The minimum Gasteiger partial charge on any atom is -0.444 e. The molecule has 90 valence electrons.